The lowest BCUT2D eigenvalue weighted by Crippen LogP contribution is -2.48. The molecule has 1 aliphatic heterocycles. The van der Waals surface area contributed by atoms with Gasteiger partial charge in [-0.15, -0.1) is 5.10 Å². The number of aromatic nitrogens is 5. The molecule has 1 aliphatic rings. The molecule has 0 spiro atoms. The van der Waals surface area contributed by atoms with Crippen molar-refractivity contribution in [2.75, 3.05) is 41.3 Å². The largest absolute Gasteiger partial charge is 0.391 e. The van der Waals surface area contributed by atoms with Crippen LogP contribution in [-0.4, -0.2) is 79.8 Å². The first-order valence-electron chi connectivity index (χ1n) is 17.1. The van der Waals surface area contributed by atoms with Crippen LogP contribution in [0.15, 0.2) is 91.4 Å². The summed E-state index contributed by atoms with van der Waals surface area (Å²) < 4.78 is 61.6. The highest BCUT2D eigenvalue weighted by atomic mass is 19.3. The van der Waals surface area contributed by atoms with Gasteiger partial charge in [0.15, 0.2) is 5.60 Å². The summed E-state index contributed by atoms with van der Waals surface area (Å²) in [5.41, 5.74) is -0.962. The Hall–Kier alpha value is -5.61. The Morgan fingerprint density at radius 1 is 0.906 bits per heavy atom. The number of amides is 2. The van der Waals surface area contributed by atoms with Crippen molar-refractivity contribution < 1.29 is 32.6 Å². The maximum absolute atomic E-state index is 16.1. The van der Waals surface area contributed by atoms with Crippen LogP contribution < -0.4 is 20.4 Å². The quantitative estimate of drug-likeness (QED) is 0.126. The van der Waals surface area contributed by atoms with Crippen molar-refractivity contribution in [3.05, 3.63) is 114 Å². The van der Waals surface area contributed by atoms with Gasteiger partial charge in [0, 0.05) is 66.6 Å². The molecule has 2 aromatic heterocycles. The molecule has 3 atom stereocenters. The summed E-state index contributed by atoms with van der Waals surface area (Å²) in [5.74, 6) is -6.51. The molecule has 3 heterocycles. The summed E-state index contributed by atoms with van der Waals surface area (Å²) in [5, 5.41) is 37.1. The van der Waals surface area contributed by atoms with E-state index < -0.39 is 47.1 Å². The molecule has 2 amide bonds. The highest BCUT2D eigenvalue weighted by Crippen LogP contribution is 2.47. The van der Waals surface area contributed by atoms with Gasteiger partial charge in [-0.2, -0.15) is 8.78 Å². The predicted octanol–water partition coefficient (Wildman–Crippen LogP) is 5.30. The Kier molecular flexibility index (Phi) is 10.9. The van der Waals surface area contributed by atoms with Crippen LogP contribution in [0.2, 0.25) is 0 Å². The second-order valence-corrected chi connectivity index (χ2v) is 12.9. The number of carbonyl (C=O) groups excluding carboxylic acids is 1. The number of hydrogen-bond acceptors (Lipinski definition) is 9. The minimum atomic E-state index is -4.16. The lowest BCUT2D eigenvalue weighted by molar-refractivity contribution is -0.207. The van der Waals surface area contributed by atoms with Crippen molar-refractivity contribution >= 4 is 23.1 Å². The van der Waals surface area contributed by atoms with E-state index in [-0.39, 0.29) is 12.1 Å². The number of nitrogens with one attached hydrogen (secondary N) is 2. The maximum atomic E-state index is 16.1. The molecule has 53 heavy (non-hydrogen) atoms. The molecular formula is C37H39F4N9O3. The molecule has 0 aliphatic carbocycles. The van der Waals surface area contributed by atoms with Crippen molar-refractivity contribution in [1.29, 1.82) is 0 Å². The van der Waals surface area contributed by atoms with E-state index in [4.69, 9.17) is 0 Å². The van der Waals surface area contributed by atoms with Crippen LogP contribution in [-0.2, 0) is 18.1 Å². The van der Waals surface area contributed by atoms with Gasteiger partial charge < -0.3 is 30.6 Å². The third kappa shape index (κ3) is 8.08. The average Bonchev–Trinajstić information content (AvgIpc) is 3.67. The monoisotopic (exact) mass is 733 g/mol. The number of urea groups is 1. The second kappa shape index (κ2) is 15.6. The molecule has 12 nitrogen and oxygen atoms in total. The summed E-state index contributed by atoms with van der Waals surface area (Å²) in [6, 6.07) is 19.0. The van der Waals surface area contributed by atoms with E-state index in [1.165, 1.54) is 12.3 Å². The molecule has 6 rings (SSSR count). The highest BCUT2D eigenvalue weighted by molar-refractivity contribution is 5.89. The molecular weight excluding hydrogens is 694 g/mol. The zero-order valence-corrected chi connectivity index (χ0v) is 29.0. The number of benzene rings is 3. The molecule has 16 heteroatoms. The van der Waals surface area contributed by atoms with Crippen LogP contribution in [0.5, 0.6) is 0 Å². The molecule has 0 unspecified atom stereocenters. The number of piperazine rings is 1. The minimum absolute atomic E-state index is 0.332. The molecule has 278 valence electrons. The molecule has 0 bridgehead atoms. The molecule has 3 aromatic carbocycles. The van der Waals surface area contributed by atoms with Gasteiger partial charge in [0.2, 0.25) is 0 Å². The fourth-order valence-electron chi connectivity index (χ4n) is 6.37. The summed E-state index contributed by atoms with van der Waals surface area (Å²) in [6.07, 6.45) is 2.20. The first-order valence-corrected chi connectivity index (χ1v) is 17.1. The van der Waals surface area contributed by atoms with Crippen LogP contribution in [0.3, 0.4) is 0 Å². The van der Waals surface area contributed by atoms with Crippen molar-refractivity contribution in [3.63, 3.8) is 0 Å². The van der Waals surface area contributed by atoms with Crippen molar-refractivity contribution in [1.82, 2.24) is 30.5 Å². The van der Waals surface area contributed by atoms with Crippen LogP contribution in [0.25, 0.3) is 11.1 Å². The van der Waals surface area contributed by atoms with Gasteiger partial charge >= 0.3 is 12.0 Å². The van der Waals surface area contributed by atoms with Gasteiger partial charge in [0.1, 0.15) is 23.7 Å². The Morgan fingerprint density at radius 2 is 1.53 bits per heavy atom. The number of alkyl halides is 2. The lowest BCUT2D eigenvalue weighted by Gasteiger charge is -2.37. The van der Waals surface area contributed by atoms with Crippen molar-refractivity contribution in [2.24, 2.45) is 0 Å². The number of anilines is 3. The second-order valence-electron chi connectivity index (χ2n) is 12.9. The number of nitrogens with zero attached hydrogens (tertiary/aromatic N) is 7. The van der Waals surface area contributed by atoms with E-state index >= 15 is 8.78 Å². The summed E-state index contributed by atoms with van der Waals surface area (Å²) in [4.78, 5) is 20.8. The summed E-state index contributed by atoms with van der Waals surface area (Å²) in [7, 11) is 0. The highest BCUT2D eigenvalue weighted by Gasteiger charge is 2.58. The number of carbonyl (C=O) groups is 1. The molecule has 0 saturated carbocycles. The van der Waals surface area contributed by atoms with Gasteiger partial charge in [0.05, 0.1) is 18.7 Å². The Morgan fingerprint density at radius 3 is 2.06 bits per heavy atom. The molecule has 0 radical (unpaired) electrons. The third-order valence-corrected chi connectivity index (χ3v) is 9.44. The Balaban J connectivity index is 1.08. The number of rotatable bonds is 12. The number of halogens is 4. The normalized spacial score (nSPS) is 15.8. The van der Waals surface area contributed by atoms with Gasteiger partial charge in [-0.1, -0.05) is 25.1 Å². The number of tetrazole rings is 1. The van der Waals surface area contributed by atoms with Gasteiger partial charge in [-0.25, -0.2) is 18.3 Å². The summed E-state index contributed by atoms with van der Waals surface area (Å²) >= 11 is 0. The fraction of sp³-hybridized carbons (Fsp3) is 0.324. The van der Waals surface area contributed by atoms with Crippen LogP contribution in [0.4, 0.5) is 39.4 Å². The standard InChI is InChI=1S/C37H39F4N9O3/c1-3-33(24(2)51)45-35(52)44-28-8-12-30(13-9-28)49-18-16-48(17-19-49)29-10-4-25(5-11-29)26-6-15-34(42-21-26)37(40,41)36(53,22-50-23-43-46-47-50)31-14-7-27(38)20-32(31)39/h4-15,20-21,23-24,33,51,53H,3,16-19,22H2,1-2H3,(H2,44,45,52)/t24-,33-,36-/m0/s1. The van der Waals surface area contributed by atoms with Gasteiger partial charge in [0.25, 0.3) is 0 Å². The first-order chi connectivity index (χ1) is 25.4. The van der Waals surface area contributed by atoms with E-state index in [1.807, 2.05) is 55.5 Å². The van der Waals surface area contributed by atoms with E-state index in [1.54, 1.807) is 6.92 Å². The minimum Gasteiger partial charge on any atom is -0.391 e. The molecule has 1 fully saturated rings. The smallest absolute Gasteiger partial charge is 0.323 e. The first kappa shape index (κ1) is 37.2. The Bertz CT molecular complexity index is 1970. The zero-order chi connectivity index (χ0) is 37.8. The van der Waals surface area contributed by atoms with E-state index in [0.717, 1.165) is 72.3 Å². The van der Waals surface area contributed by atoms with Crippen LogP contribution in [0, 0.1) is 11.6 Å². The fourth-order valence-corrected chi connectivity index (χ4v) is 6.37. The molecule has 1 saturated heterocycles. The molecule has 5 aromatic rings. The topological polar surface area (TPSA) is 145 Å². The van der Waals surface area contributed by atoms with Crippen molar-refractivity contribution in [2.45, 2.75) is 50.5 Å². The van der Waals surface area contributed by atoms with Crippen LogP contribution >= 0.6 is 0 Å². The number of hydrogen-bond donors (Lipinski definition) is 4. The SMILES string of the molecule is CC[C@H](NC(=O)Nc1ccc(N2CCN(c3ccc(-c4ccc(C(F)(F)[C@](O)(Cn5cnnn5)c5ccc(F)cc5F)nc4)cc3)CC2)cc1)[C@H](C)O. The van der Waals surface area contributed by atoms with E-state index in [0.29, 0.717) is 23.7 Å². The van der Waals surface area contributed by atoms with Gasteiger partial charge in [-0.05, 0) is 83.9 Å². The number of aliphatic hydroxyl groups excluding tert-OH is 1. The van der Waals surface area contributed by atoms with Crippen LogP contribution in [0.1, 0.15) is 31.5 Å². The Labute approximate surface area is 303 Å². The molecule has 4 N–H and O–H groups in total. The zero-order valence-electron chi connectivity index (χ0n) is 29.0. The van der Waals surface area contributed by atoms with E-state index in [2.05, 4.69) is 40.9 Å². The summed E-state index contributed by atoms with van der Waals surface area (Å²) in [6.45, 7) is 5.64. The predicted molar refractivity (Wildman–Crippen MR) is 190 cm³/mol. The average molecular weight is 734 g/mol. The van der Waals surface area contributed by atoms with E-state index in [9.17, 15) is 23.8 Å². The maximum Gasteiger partial charge on any atom is 0.323 e. The van der Waals surface area contributed by atoms with Crippen molar-refractivity contribution in [3.8, 4) is 11.1 Å². The number of pyridine rings is 1. The lowest BCUT2D eigenvalue weighted by atomic mass is 9.84. The number of aliphatic hydroxyl groups is 2. The third-order valence-electron chi connectivity index (χ3n) is 9.44. The van der Waals surface area contributed by atoms with Gasteiger partial charge in [-0.3, -0.25) is 4.98 Å².